The molecule has 0 amide bonds. The lowest BCUT2D eigenvalue weighted by molar-refractivity contribution is -0.101. The third-order valence-electron chi connectivity index (χ3n) is 4.57. The predicted molar refractivity (Wildman–Crippen MR) is 75.9 cm³/mol. The van der Waals surface area contributed by atoms with Crippen LogP contribution in [0, 0.1) is 0 Å². The van der Waals surface area contributed by atoms with Crippen molar-refractivity contribution in [3.05, 3.63) is 0 Å². The van der Waals surface area contributed by atoms with E-state index in [1.807, 2.05) is 0 Å². The predicted octanol–water partition coefficient (Wildman–Crippen LogP) is 2.41. The SMILES string of the molecule is CCNCCCC(C)N1CCOC2CCCCC21. The Hall–Kier alpha value is -0.120. The van der Waals surface area contributed by atoms with Crippen LogP contribution in [0.1, 0.15) is 52.4 Å². The summed E-state index contributed by atoms with van der Waals surface area (Å²) in [5.41, 5.74) is 0. The molecule has 2 rings (SSSR count). The molecular formula is C15H30N2O. The quantitative estimate of drug-likeness (QED) is 0.737. The summed E-state index contributed by atoms with van der Waals surface area (Å²) >= 11 is 0. The fourth-order valence-electron chi connectivity index (χ4n) is 3.54. The number of fused-ring (bicyclic) bond motifs is 1. The average molecular weight is 254 g/mol. The number of rotatable bonds is 6. The Balaban J connectivity index is 1.78. The zero-order valence-electron chi connectivity index (χ0n) is 12.2. The Morgan fingerprint density at radius 2 is 2.17 bits per heavy atom. The van der Waals surface area contributed by atoms with Crippen molar-refractivity contribution < 1.29 is 4.74 Å². The number of hydrogen-bond donors (Lipinski definition) is 1. The molecule has 1 aliphatic heterocycles. The molecule has 0 spiro atoms. The lowest BCUT2D eigenvalue weighted by Gasteiger charge is -2.46. The van der Waals surface area contributed by atoms with Crippen LogP contribution in [0.3, 0.4) is 0 Å². The maximum atomic E-state index is 5.95. The Bertz CT molecular complexity index is 233. The molecule has 106 valence electrons. The highest BCUT2D eigenvalue weighted by atomic mass is 16.5. The van der Waals surface area contributed by atoms with Gasteiger partial charge in [0.15, 0.2) is 0 Å². The molecule has 1 N–H and O–H groups in total. The van der Waals surface area contributed by atoms with Crippen molar-refractivity contribution in [1.82, 2.24) is 10.2 Å². The summed E-state index contributed by atoms with van der Waals surface area (Å²) in [6.45, 7) is 8.93. The maximum Gasteiger partial charge on any atom is 0.0731 e. The van der Waals surface area contributed by atoms with Gasteiger partial charge in [0.1, 0.15) is 0 Å². The summed E-state index contributed by atoms with van der Waals surface area (Å²) in [6.07, 6.45) is 8.53. The molecule has 2 aliphatic rings. The van der Waals surface area contributed by atoms with E-state index in [1.54, 1.807) is 0 Å². The molecule has 3 unspecified atom stereocenters. The van der Waals surface area contributed by atoms with E-state index in [-0.39, 0.29) is 0 Å². The van der Waals surface area contributed by atoms with Crippen molar-refractivity contribution in [2.24, 2.45) is 0 Å². The number of ether oxygens (including phenoxy) is 1. The smallest absolute Gasteiger partial charge is 0.0731 e. The second kappa shape index (κ2) is 7.46. The first-order valence-electron chi connectivity index (χ1n) is 7.91. The summed E-state index contributed by atoms with van der Waals surface area (Å²) in [5.74, 6) is 0. The molecule has 0 aromatic rings. The van der Waals surface area contributed by atoms with E-state index >= 15 is 0 Å². The van der Waals surface area contributed by atoms with Crippen LogP contribution in [0.5, 0.6) is 0 Å². The molecule has 18 heavy (non-hydrogen) atoms. The standard InChI is InChI=1S/C15H30N2O/c1-3-16-10-6-7-13(2)17-11-12-18-15-9-5-4-8-14(15)17/h13-16H,3-12H2,1-2H3. The third kappa shape index (κ3) is 3.69. The monoisotopic (exact) mass is 254 g/mol. The molecular weight excluding hydrogens is 224 g/mol. The Labute approximate surface area is 112 Å². The topological polar surface area (TPSA) is 24.5 Å². The fourth-order valence-corrected chi connectivity index (χ4v) is 3.54. The Kier molecular flexibility index (Phi) is 5.93. The minimum atomic E-state index is 0.531. The van der Waals surface area contributed by atoms with Gasteiger partial charge in [0, 0.05) is 18.6 Å². The maximum absolute atomic E-state index is 5.95. The van der Waals surface area contributed by atoms with E-state index in [0.29, 0.717) is 12.1 Å². The van der Waals surface area contributed by atoms with Crippen LogP contribution in [-0.4, -0.2) is 49.3 Å². The highest BCUT2D eigenvalue weighted by molar-refractivity contribution is 4.89. The molecule has 1 saturated carbocycles. The van der Waals surface area contributed by atoms with Gasteiger partial charge in [-0.05, 0) is 45.7 Å². The molecule has 0 bridgehead atoms. The van der Waals surface area contributed by atoms with Gasteiger partial charge in [-0.25, -0.2) is 0 Å². The van der Waals surface area contributed by atoms with Gasteiger partial charge < -0.3 is 10.1 Å². The number of nitrogens with one attached hydrogen (secondary N) is 1. The van der Waals surface area contributed by atoms with E-state index in [2.05, 4.69) is 24.1 Å². The van der Waals surface area contributed by atoms with Gasteiger partial charge in [0.2, 0.25) is 0 Å². The highest BCUT2D eigenvalue weighted by Crippen LogP contribution is 2.30. The van der Waals surface area contributed by atoms with Crippen LogP contribution in [0.15, 0.2) is 0 Å². The summed E-state index contributed by atoms with van der Waals surface area (Å²) in [6, 6.07) is 1.43. The van der Waals surface area contributed by atoms with Crippen LogP contribution >= 0.6 is 0 Å². The molecule has 1 saturated heterocycles. The van der Waals surface area contributed by atoms with Crippen LogP contribution in [0.2, 0.25) is 0 Å². The molecule has 0 aromatic heterocycles. The molecule has 0 radical (unpaired) electrons. The van der Waals surface area contributed by atoms with Crippen LogP contribution in [-0.2, 0) is 4.74 Å². The van der Waals surface area contributed by atoms with E-state index in [4.69, 9.17) is 4.74 Å². The number of hydrogen-bond acceptors (Lipinski definition) is 3. The highest BCUT2D eigenvalue weighted by Gasteiger charge is 2.35. The van der Waals surface area contributed by atoms with E-state index < -0.39 is 0 Å². The van der Waals surface area contributed by atoms with Crippen molar-refractivity contribution >= 4 is 0 Å². The Morgan fingerprint density at radius 3 is 3.00 bits per heavy atom. The van der Waals surface area contributed by atoms with Gasteiger partial charge in [-0.1, -0.05) is 19.8 Å². The van der Waals surface area contributed by atoms with Crippen molar-refractivity contribution in [3.63, 3.8) is 0 Å². The summed E-state index contributed by atoms with van der Waals surface area (Å²) < 4.78 is 5.95. The molecule has 0 aromatic carbocycles. The minimum absolute atomic E-state index is 0.531. The lowest BCUT2D eigenvalue weighted by Crippen LogP contribution is -2.55. The molecule has 3 atom stereocenters. The van der Waals surface area contributed by atoms with E-state index in [1.165, 1.54) is 45.1 Å². The third-order valence-corrected chi connectivity index (χ3v) is 4.57. The van der Waals surface area contributed by atoms with Crippen molar-refractivity contribution in [1.29, 1.82) is 0 Å². The van der Waals surface area contributed by atoms with Gasteiger partial charge in [-0.3, -0.25) is 4.90 Å². The van der Waals surface area contributed by atoms with Gasteiger partial charge >= 0.3 is 0 Å². The summed E-state index contributed by atoms with van der Waals surface area (Å²) in [4.78, 5) is 2.74. The van der Waals surface area contributed by atoms with Crippen LogP contribution in [0.25, 0.3) is 0 Å². The number of nitrogens with zero attached hydrogens (tertiary/aromatic N) is 1. The normalized spacial score (nSPS) is 31.0. The average Bonchev–Trinajstić information content (AvgIpc) is 2.43. The van der Waals surface area contributed by atoms with Gasteiger partial charge in [0.25, 0.3) is 0 Å². The molecule has 1 heterocycles. The zero-order chi connectivity index (χ0) is 12.8. The summed E-state index contributed by atoms with van der Waals surface area (Å²) in [7, 11) is 0. The van der Waals surface area contributed by atoms with Crippen LogP contribution in [0.4, 0.5) is 0 Å². The van der Waals surface area contributed by atoms with Crippen molar-refractivity contribution in [3.8, 4) is 0 Å². The second-order valence-corrected chi connectivity index (χ2v) is 5.84. The van der Waals surface area contributed by atoms with Gasteiger partial charge in [0.05, 0.1) is 12.7 Å². The van der Waals surface area contributed by atoms with E-state index in [9.17, 15) is 0 Å². The first-order valence-corrected chi connectivity index (χ1v) is 7.91. The van der Waals surface area contributed by atoms with Crippen LogP contribution < -0.4 is 5.32 Å². The van der Waals surface area contributed by atoms with Gasteiger partial charge in [-0.2, -0.15) is 0 Å². The first kappa shape index (κ1) is 14.3. The van der Waals surface area contributed by atoms with Crippen molar-refractivity contribution in [2.75, 3.05) is 26.2 Å². The Morgan fingerprint density at radius 1 is 1.33 bits per heavy atom. The minimum Gasteiger partial charge on any atom is -0.375 e. The molecule has 3 nitrogen and oxygen atoms in total. The number of morpholine rings is 1. The molecule has 1 aliphatic carbocycles. The summed E-state index contributed by atoms with van der Waals surface area (Å²) in [5, 5.41) is 3.42. The largest absolute Gasteiger partial charge is 0.375 e. The molecule has 2 fully saturated rings. The van der Waals surface area contributed by atoms with E-state index in [0.717, 1.165) is 25.7 Å². The lowest BCUT2D eigenvalue weighted by atomic mass is 9.89. The van der Waals surface area contributed by atoms with Gasteiger partial charge in [-0.15, -0.1) is 0 Å². The fraction of sp³-hybridized carbons (Fsp3) is 1.00. The first-order chi connectivity index (χ1) is 8.83. The van der Waals surface area contributed by atoms with Crippen molar-refractivity contribution in [2.45, 2.75) is 70.6 Å². The molecule has 3 heteroatoms. The second-order valence-electron chi connectivity index (χ2n) is 5.84. The zero-order valence-corrected chi connectivity index (χ0v) is 12.2.